The van der Waals surface area contributed by atoms with Gasteiger partial charge in [0.2, 0.25) is 0 Å². The third-order valence-corrected chi connectivity index (χ3v) is 7.52. The zero-order valence-corrected chi connectivity index (χ0v) is 22.8. The van der Waals surface area contributed by atoms with E-state index in [4.69, 9.17) is 13.8 Å². The maximum absolute atomic E-state index is 13.5. The Bertz CT molecular complexity index is 1110. The van der Waals surface area contributed by atoms with Crippen molar-refractivity contribution in [1.29, 1.82) is 0 Å². The van der Waals surface area contributed by atoms with Crippen molar-refractivity contribution in [2.45, 2.75) is 71.4 Å². The summed E-state index contributed by atoms with van der Waals surface area (Å²) in [7, 11) is -3.42. The molecule has 0 radical (unpaired) electrons. The quantitative estimate of drug-likeness (QED) is 0.292. The normalized spacial score (nSPS) is 17.0. The lowest BCUT2D eigenvalue weighted by Gasteiger charge is -2.32. The van der Waals surface area contributed by atoms with Gasteiger partial charge in [-0.05, 0) is 70.7 Å². The van der Waals surface area contributed by atoms with Crippen molar-refractivity contribution < 1.29 is 27.9 Å². The number of carbonyl (C=O) groups is 2. The Hall–Kier alpha value is -2.73. The Morgan fingerprint density at radius 3 is 2.11 bits per heavy atom. The van der Waals surface area contributed by atoms with Gasteiger partial charge in [0.1, 0.15) is 6.61 Å². The summed E-state index contributed by atoms with van der Waals surface area (Å²) in [6.07, 6.45) is 3.05. The Morgan fingerprint density at radius 2 is 1.56 bits per heavy atom. The fourth-order valence-electron chi connectivity index (χ4n) is 3.89. The Labute approximate surface area is 214 Å². The van der Waals surface area contributed by atoms with Gasteiger partial charge in [-0.3, -0.25) is 9.36 Å². The number of rotatable bonds is 8. The predicted molar refractivity (Wildman–Crippen MR) is 141 cm³/mol. The van der Waals surface area contributed by atoms with Crippen LogP contribution in [0.1, 0.15) is 58.2 Å². The van der Waals surface area contributed by atoms with Gasteiger partial charge in [-0.2, -0.15) is 0 Å². The molecular weight excluding hydrogens is 477 g/mol. The molecule has 1 saturated heterocycles. The van der Waals surface area contributed by atoms with E-state index in [9.17, 15) is 14.2 Å². The van der Waals surface area contributed by atoms with E-state index in [0.29, 0.717) is 6.42 Å². The summed E-state index contributed by atoms with van der Waals surface area (Å²) in [5, 5.41) is 0. The molecule has 1 aliphatic heterocycles. The highest BCUT2D eigenvalue weighted by Gasteiger charge is 2.37. The fraction of sp³-hybridized carbons (Fsp3) is 0.429. The van der Waals surface area contributed by atoms with Crippen LogP contribution in [0.5, 0.6) is 0 Å². The largest absolute Gasteiger partial charge is 0.447 e. The second kappa shape index (κ2) is 11.1. The molecule has 36 heavy (non-hydrogen) atoms. The zero-order valence-electron chi connectivity index (χ0n) is 21.9. The van der Waals surface area contributed by atoms with Crippen molar-refractivity contribution in [3.63, 3.8) is 0 Å². The summed E-state index contributed by atoms with van der Waals surface area (Å²) < 4.78 is 30.4. The average molecular weight is 514 g/mol. The number of carbonyl (C=O) groups excluding carboxylic acids is 2. The molecule has 3 rings (SSSR count). The number of hydrogen-bond donors (Lipinski definition) is 0. The molecule has 0 aromatic heterocycles. The molecular formula is C28H36NO6P. The van der Waals surface area contributed by atoms with Crippen molar-refractivity contribution in [2.75, 3.05) is 6.61 Å². The summed E-state index contributed by atoms with van der Waals surface area (Å²) in [6.45, 7) is 11.2. The molecule has 0 saturated carbocycles. The van der Waals surface area contributed by atoms with Crippen LogP contribution < -0.4 is 0 Å². The van der Waals surface area contributed by atoms with E-state index >= 15 is 0 Å². The number of cyclic esters (lactones) is 1. The van der Waals surface area contributed by atoms with Crippen molar-refractivity contribution in [2.24, 2.45) is 0 Å². The van der Waals surface area contributed by atoms with E-state index < -0.39 is 30.8 Å². The summed E-state index contributed by atoms with van der Waals surface area (Å²) in [6, 6.07) is 16.6. The van der Waals surface area contributed by atoms with Crippen molar-refractivity contribution >= 4 is 25.7 Å². The van der Waals surface area contributed by atoms with Crippen LogP contribution >= 0.6 is 7.60 Å². The van der Waals surface area contributed by atoms with Gasteiger partial charge in [-0.25, -0.2) is 9.69 Å². The minimum atomic E-state index is -3.42. The molecule has 0 spiro atoms. The van der Waals surface area contributed by atoms with Crippen LogP contribution in [0.15, 0.2) is 60.7 Å². The van der Waals surface area contributed by atoms with E-state index in [2.05, 4.69) is 0 Å². The average Bonchev–Trinajstić information content (AvgIpc) is 3.10. The van der Waals surface area contributed by atoms with Crippen LogP contribution in [0.25, 0.3) is 6.08 Å². The molecule has 0 N–H and O–H groups in total. The topological polar surface area (TPSA) is 82.1 Å². The molecule has 2 aromatic rings. The number of ether oxygens (including phenoxy) is 1. The highest BCUT2D eigenvalue weighted by Crippen LogP contribution is 2.56. The molecule has 2 aromatic carbocycles. The van der Waals surface area contributed by atoms with E-state index in [0.717, 1.165) is 16.7 Å². The molecule has 7 nitrogen and oxygen atoms in total. The lowest BCUT2D eigenvalue weighted by Crippen LogP contribution is -2.39. The number of imide groups is 1. The maximum Gasteiger partial charge on any atom is 0.417 e. The van der Waals surface area contributed by atoms with E-state index in [1.165, 1.54) is 11.0 Å². The van der Waals surface area contributed by atoms with Crippen LogP contribution in [0.2, 0.25) is 0 Å². The molecule has 1 fully saturated rings. The van der Waals surface area contributed by atoms with E-state index in [-0.39, 0.29) is 18.8 Å². The highest BCUT2D eigenvalue weighted by molar-refractivity contribution is 7.53. The lowest BCUT2D eigenvalue weighted by molar-refractivity contribution is -0.124. The summed E-state index contributed by atoms with van der Waals surface area (Å²) in [5.74, 6) is -0.427. The van der Waals surface area contributed by atoms with Gasteiger partial charge in [0.15, 0.2) is 0 Å². The minimum Gasteiger partial charge on any atom is -0.447 e. The maximum atomic E-state index is 13.5. The lowest BCUT2D eigenvalue weighted by atomic mass is 10.1. The van der Waals surface area contributed by atoms with Gasteiger partial charge in [-0.1, -0.05) is 54.6 Å². The monoisotopic (exact) mass is 513 g/mol. The van der Waals surface area contributed by atoms with Crippen LogP contribution in [0.4, 0.5) is 4.79 Å². The van der Waals surface area contributed by atoms with Gasteiger partial charge in [0.05, 0.1) is 23.4 Å². The summed E-state index contributed by atoms with van der Waals surface area (Å²) in [4.78, 5) is 26.2. The Kier molecular flexibility index (Phi) is 8.60. The first kappa shape index (κ1) is 27.9. The summed E-state index contributed by atoms with van der Waals surface area (Å²) >= 11 is 0. The van der Waals surface area contributed by atoms with Crippen LogP contribution in [0, 0.1) is 0 Å². The third-order valence-electron chi connectivity index (χ3n) is 5.11. The van der Waals surface area contributed by atoms with Crippen molar-refractivity contribution in [1.82, 2.24) is 4.90 Å². The SMILES string of the molecule is CC(C)(C)OP(=O)(Cc1ccc(C=CC(=O)N2C(=O)OCC2Cc2ccccc2)cc1)OC(C)(C)C. The number of nitrogens with zero attached hydrogens (tertiary/aromatic N) is 1. The van der Waals surface area contributed by atoms with Crippen LogP contribution in [0.3, 0.4) is 0 Å². The van der Waals surface area contributed by atoms with E-state index in [1.54, 1.807) is 6.08 Å². The molecule has 0 aliphatic carbocycles. The Balaban J connectivity index is 1.68. The van der Waals surface area contributed by atoms with Gasteiger partial charge in [-0.15, -0.1) is 0 Å². The smallest absolute Gasteiger partial charge is 0.417 e. The number of hydrogen-bond acceptors (Lipinski definition) is 6. The molecule has 1 atom stereocenters. The molecule has 2 amide bonds. The van der Waals surface area contributed by atoms with Crippen LogP contribution in [-0.2, 0) is 35.7 Å². The molecule has 0 bridgehead atoms. The van der Waals surface area contributed by atoms with Crippen LogP contribution in [-0.4, -0.2) is 40.8 Å². The predicted octanol–water partition coefficient (Wildman–Crippen LogP) is 6.61. The standard InChI is InChI=1S/C28H36NO6P/c1-27(2,3)34-36(32,35-28(4,5)6)20-23-14-12-21(13-15-23)16-17-25(30)29-24(19-33-26(29)31)18-22-10-8-7-9-11-22/h7-17,24H,18-20H2,1-6H3. The van der Waals surface area contributed by atoms with Crippen molar-refractivity contribution in [3.8, 4) is 0 Å². The van der Waals surface area contributed by atoms with Crippen molar-refractivity contribution in [3.05, 3.63) is 77.4 Å². The fourth-order valence-corrected chi connectivity index (χ4v) is 6.38. The first-order chi connectivity index (χ1) is 16.7. The Morgan fingerprint density at radius 1 is 0.972 bits per heavy atom. The number of amides is 2. The van der Waals surface area contributed by atoms with Gasteiger partial charge in [0, 0.05) is 6.08 Å². The molecule has 1 heterocycles. The molecule has 1 aliphatic rings. The second-order valence-electron chi connectivity index (χ2n) is 10.9. The summed E-state index contributed by atoms with van der Waals surface area (Å²) in [5.41, 5.74) is 1.34. The third kappa shape index (κ3) is 8.44. The molecule has 194 valence electrons. The second-order valence-corrected chi connectivity index (χ2v) is 12.8. The van der Waals surface area contributed by atoms with Gasteiger partial charge in [0.25, 0.3) is 5.91 Å². The first-order valence-corrected chi connectivity index (χ1v) is 13.8. The first-order valence-electron chi connectivity index (χ1n) is 12.0. The molecule has 1 unspecified atom stereocenters. The molecule has 8 heteroatoms. The minimum absolute atomic E-state index is 0.130. The highest BCUT2D eigenvalue weighted by atomic mass is 31.2. The van der Waals surface area contributed by atoms with E-state index in [1.807, 2.05) is 96.1 Å². The van der Waals surface area contributed by atoms with Gasteiger partial charge >= 0.3 is 13.7 Å². The zero-order chi connectivity index (χ0) is 26.6. The number of benzene rings is 2. The van der Waals surface area contributed by atoms with Gasteiger partial charge < -0.3 is 13.8 Å².